The van der Waals surface area contributed by atoms with Gasteiger partial charge in [-0.25, -0.2) is 5.01 Å². The third kappa shape index (κ3) is 3.48. The zero-order valence-corrected chi connectivity index (χ0v) is 10.8. The molecule has 114 valence electrons. The van der Waals surface area contributed by atoms with Crippen molar-refractivity contribution in [2.24, 2.45) is 0 Å². The Labute approximate surface area is 117 Å². The van der Waals surface area contributed by atoms with Crippen molar-refractivity contribution in [3.8, 4) is 0 Å². The van der Waals surface area contributed by atoms with Crippen LogP contribution in [0.3, 0.4) is 0 Å². The van der Waals surface area contributed by atoms with Crippen molar-refractivity contribution in [2.45, 2.75) is 25.1 Å². The van der Waals surface area contributed by atoms with Gasteiger partial charge in [-0.1, -0.05) is 18.2 Å². The van der Waals surface area contributed by atoms with Crippen LogP contribution in [0.4, 0.5) is 18.9 Å². The van der Waals surface area contributed by atoms with Crippen molar-refractivity contribution < 1.29 is 22.9 Å². The number of hydrogen-bond donors (Lipinski definition) is 1. The molecule has 6 nitrogen and oxygen atoms in total. The van der Waals surface area contributed by atoms with Crippen LogP contribution in [0.5, 0.6) is 0 Å². The van der Waals surface area contributed by atoms with E-state index < -0.39 is 29.5 Å². The van der Waals surface area contributed by atoms with Crippen LogP contribution in [0.25, 0.3) is 0 Å². The fourth-order valence-electron chi connectivity index (χ4n) is 2.20. The zero-order chi connectivity index (χ0) is 15.6. The van der Waals surface area contributed by atoms with Crippen molar-refractivity contribution in [3.05, 3.63) is 39.9 Å². The highest BCUT2D eigenvalue weighted by Gasteiger charge is 2.46. The summed E-state index contributed by atoms with van der Waals surface area (Å²) in [5.41, 5.74) is 1.75. The Kier molecular flexibility index (Phi) is 4.12. The highest BCUT2D eigenvalue weighted by atomic mass is 19.4. The molecule has 0 aliphatic carbocycles. The molecule has 1 amide bonds. The van der Waals surface area contributed by atoms with Crippen LogP contribution in [-0.2, 0) is 11.2 Å². The smallest absolute Gasteiger partial charge is 0.288 e. The number of rotatable bonds is 4. The van der Waals surface area contributed by atoms with Gasteiger partial charge in [-0.2, -0.15) is 13.2 Å². The number of nitro benzene ring substituents is 1. The summed E-state index contributed by atoms with van der Waals surface area (Å²) in [4.78, 5) is 21.2. The van der Waals surface area contributed by atoms with E-state index in [0.29, 0.717) is 0 Å². The lowest BCUT2D eigenvalue weighted by atomic mass is 10.0. The molecule has 0 radical (unpaired) electrons. The van der Waals surface area contributed by atoms with E-state index in [4.69, 9.17) is 0 Å². The Morgan fingerprint density at radius 2 is 2.05 bits per heavy atom. The van der Waals surface area contributed by atoms with Gasteiger partial charge in [0.1, 0.15) is 6.04 Å². The quantitative estimate of drug-likeness (QED) is 0.680. The lowest BCUT2D eigenvalue weighted by Gasteiger charge is -2.28. The van der Waals surface area contributed by atoms with E-state index in [0.717, 1.165) is 11.1 Å². The second-order valence-electron chi connectivity index (χ2n) is 4.63. The summed E-state index contributed by atoms with van der Waals surface area (Å²) >= 11 is 0. The number of alkyl halides is 3. The van der Waals surface area contributed by atoms with Gasteiger partial charge in [0.05, 0.1) is 4.92 Å². The molecule has 1 fully saturated rings. The minimum absolute atomic E-state index is 0.0222. The molecule has 1 saturated heterocycles. The number of para-hydroxylation sites is 1. The lowest BCUT2D eigenvalue weighted by Crippen LogP contribution is -2.51. The molecule has 1 heterocycles. The Bertz CT molecular complexity index is 562. The van der Waals surface area contributed by atoms with Gasteiger partial charge in [0.2, 0.25) is 5.91 Å². The minimum Gasteiger partial charge on any atom is -0.288 e. The van der Waals surface area contributed by atoms with Crippen molar-refractivity contribution in [1.82, 2.24) is 10.4 Å². The van der Waals surface area contributed by atoms with Gasteiger partial charge in [0.25, 0.3) is 5.69 Å². The summed E-state index contributed by atoms with van der Waals surface area (Å²) in [6.07, 6.45) is -5.23. The topological polar surface area (TPSA) is 75.5 Å². The van der Waals surface area contributed by atoms with E-state index in [2.05, 4.69) is 5.43 Å². The predicted octanol–water partition coefficient (Wildman–Crippen LogP) is 1.81. The second kappa shape index (κ2) is 5.68. The first-order valence-corrected chi connectivity index (χ1v) is 6.14. The molecule has 1 N–H and O–H groups in total. The highest BCUT2D eigenvalue weighted by molar-refractivity contribution is 5.77. The predicted molar refractivity (Wildman–Crippen MR) is 66.1 cm³/mol. The molecular weight excluding hydrogens is 291 g/mol. The first-order chi connectivity index (χ1) is 9.79. The number of hydrazine groups is 1. The third-order valence-corrected chi connectivity index (χ3v) is 3.20. The lowest BCUT2D eigenvalue weighted by molar-refractivity contribution is -0.385. The van der Waals surface area contributed by atoms with E-state index in [1.165, 1.54) is 18.2 Å². The Balaban J connectivity index is 2.28. The highest BCUT2D eigenvalue weighted by Crippen LogP contribution is 2.30. The Hall–Kier alpha value is -2.16. The number of benzene rings is 1. The number of nitrogens with zero attached hydrogens (tertiary/aromatic N) is 2. The summed E-state index contributed by atoms with van der Waals surface area (Å²) in [6, 6.07) is 3.28. The molecule has 2 rings (SSSR count). The summed E-state index contributed by atoms with van der Waals surface area (Å²) in [5.74, 6) is -0.494. The summed E-state index contributed by atoms with van der Waals surface area (Å²) in [6.45, 7) is -0.0797. The molecule has 0 aromatic heterocycles. The molecule has 1 aromatic carbocycles. The maximum atomic E-state index is 13.2. The molecule has 0 bridgehead atoms. The van der Waals surface area contributed by atoms with Gasteiger partial charge in [0.15, 0.2) is 0 Å². The van der Waals surface area contributed by atoms with Crippen molar-refractivity contribution in [3.63, 3.8) is 0 Å². The van der Waals surface area contributed by atoms with Gasteiger partial charge in [-0.3, -0.25) is 20.3 Å². The molecule has 9 heteroatoms. The maximum absolute atomic E-state index is 13.2. The largest absolute Gasteiger partial charge is 0.406 e. The standard InChI is InChI=1S/C12H12F3N3O3/c13-12(14,15)10(17-6-5-11(19)16-17)7-8-3-1-2-4-9(8)18(20)21/h1-4,10H,5-7H2,(H,16,19)/t10-/m0/s1. The SMILES string of the molecule is O=C1CCN([C@@H](Cc2ccccc2[N+](=O)[O-])C(F)(F)F)N1. The number of carbonyl (C=O) groups is 1. The fourth-order valence-corrected chi connectivity index (χ4v) is 2.20. The molecule has 0 spiro atoms. The summed E-state index contributed by atoms with van der Waals surface area (Å²) < 4.78 is 39.5. The second-order valence-corrected chi connectivity index (χ2v) is 4.63. The van der Waals surface area contributed by atoms with Crippen molar-refractivity contribution in [1.29, 1.82) is 0 Å². The Morgan fingerprint density at radius 3 is 2.57 bits per heavy atom. The fraction of sp³-hybridized carbons (Fsp3) is 0.417. The number of nitro groups is 1. The summed E-state index contributed by atoms with van der Waals surface area (Å²) in [5, 5.41) is 11.7. The first kappa shape index (κ1) is 15.2. The zero-order valence-electron chi connectivity index (χ0n) is 10.8. The van der Waals surface area contributed by atoms with E-state index in [-0.39, 0.29) is 24.2 Å². The van der Waals surface area contributed by atoms with Gasteiger partial charge in [-0.05, 0) is 0 Å². The van der Waals surface area contributed by atoms with Crippen LogP contribution < -0.4 is 5.43 Å². The van der Waals surface area contributed by atoms with Crippen molar-refractivity contribution >= 4 is 11.6 Å². The molecular formula is C12H12F3N3O3. The van der Waals surface area contributed by atoms with Crippen LogP contribution >= 0.6 is 0 Å². The number of amides is 1. The van der Waals surface area contributed by atoms with Gasteiger partial charge < -0.3 is 0 Å². The minimum atomic E-state index is -4.61. The van der Waals surface area contributed by atoms with Gasteiger partial charge >= 0.3 is 6.18 Å². The van der Waals surface area contributed by atoms with Crippen LogP contribution in [-0.4, -0.2) is 34.6 Å². The van der Waals surface area contributed by atoms with E-state index in [9.17, 15) is 28.1 Å². The average Bonchev–Trinajstić information content (AvgIpc) is 2.81. The monoisotopic (exact) mass is 303 g/mol. The first-order valence-electron chi connectivity index (χ1n) is 6.14. The van der Waals surface area contributed by atoms with Gasteiger partial charge in [-0.15, -0.1) is 0 Å². The normalized spacial score (nSPS) is 17.6. The van der Waals surface area contributed by atoms with E-state index >= 15 is 0 Å². The molecule has 1 atom stereocenters. The molecule has 1 aliphatic heterocycles. The maximum Gasteiger partial charge on any atom is 0.406 e. The van der Waals surface area contributed by atoms with Crippen molar-refractivity contribution in [2.75, 3.05) is 6.54 Å². The number of nitrogens with one attached hydrogen (secondary N) is 1. The Morgan fingerprint density at radius 1 is 1.38 bits per heavy atom. The number of carbonyl (C=O) groups excluding carboxylic acids is 1. The number of halogens is 3. The van der Waals surface area contributed by atoms with Crippen LogP contribution in [0.1, 0.15) is 12.0 Å². The van der Waals surface area contributed by atoms with Crippen LogP contribution in [0, 0.1) is 10.1 Å². The molecule has 1 aliphatic rings. The molecule has 1 aromatic rings. The van der Waals surface area contributed by atoms with Crippen LogP contribution in [0.15, 0.2) is 24.3 Å². The third-order valence-electron chi connectivity index (χ3n) is 3.20. The van der Waals surface area contributed by atoms with E-state index in [1.807, 2.05) is 0 Å². The molecule has 0 saturated carbocycles. The average molecular weight is 303 g/mol. The molecule has 21 heavy (non-hydrogen) atoms. The van der Waals surface area contributed by atoms with Gasteiger partial charge in [0, 0.05) is 31.0 Å². The summed E-state index contributed by atoms with van der Waals surface area (Å²) in [7, 11) is 0. The van der Waals surface area contributed by atoms with E-state index in [1.54, 1.807) is 0 Å². The molecule has 0 unspecified atom stereocenters. The number of hydrogen-bond acceptors (Lipinski definition) is 4. The van der Waals surface area contributed by atoms with Crippen LogP contribution in [0.2, 0.25) is 0 Å².